The molecule has 0 aliphatic heterocycles. The minimum atomic E-state index is -1.06. The van der Waals surface area contributed by atoms with E-state index in [1.54, 1.807) is 0 Å². The smallest absolute Gasteiger partial charge is 0.354 e. The summed E-state index contributed by atoms with van der Waals surface area (Å²) in [6.07, 6.45) is 7.11. The molecule has 1 fully saturated rings. The van der Waals surface area contributed by atoms with Crippen LogP contribution in [0.1, 0.15) is 42.6 Å². The molecule has 1 aliphatic rings. The Morgan fingerprint density at radius 3 is 2.81 bits per heavy atom. The molecule has 0 spiro atoms. The quantitative estimate of drug-likeness (QED) is 0.845. The van der Waals surface area contributed by atoms with Crippen LogP contribution in [0.25, 0.3) is 0 Å². The van der Waals surface area contributed by atoms with Crippen molar-refractivity contribution in [1.29, 1.82) is 0 Å². The van der Waals surface area contributed by atoms with E-state index in [9.17, 15) is 4.79 Å². The van der Waals surface area contributed by atoms with Crippen LogP contribution in [0.5, 0.6) is 6.01 Å². The highest BCUT2D eigenvalue weighted by Gasteiger charge is 2.16. The van der Waals surface area contributed by atoms with Gasteiger partial charge in [0, 0.05) is 6.20 Å². The maximum atomic E-state index is 10.7. The van der Waals surface area contributed by atoms with E-state index in [4.69, 9.17) is 9.84 Å². The predicted octanol–water partition coefficient (Wildman–Crippen LogP) is 1.89. The molecule has 1 aromatic rings. The fourth-order valence-electron chi connectivity index (χ4n) is 1.85. The summed E-state index contributed by atoms with van der Waals surface area (Å²) in [5, 5.41) is 8.77. The Labute approximate surface area is 93.5 Å². The molecule has 0 unspecified atom stereocenters. The molecule has 1 aliphatic carbocycles. The first-order chi connectivity index (χ1) is 7.75. The first-order valence-electron chi connectivity index (χ1n) is 5.49. The summed E-state index contributed by atoms with van der Waals surface area (Å²) < 4.78 is 5.56. The lowest BCUT2D eigenvalue weighted by Crippen LogP contribution is -2.21. The monoisotopic (exact) mass is 222 g/mol. The molecule has 0 atom stereocenters. The third-order valence-corrected chi connectivity index (χ3v) is 2.68. The number of nitrogens with zero attached hydrogens (tertiary/aromatic N) is 2. The summed E-state index contributed by atoms with van der Waals surface area (Å²) in [7, 11) is 0. The molecule has 1 heterocycles. The Kier molecular flexibility index (Phi) is 3.34. The minimum absolute atomic E-state index is 0.0270. The van der Waals surface area contributed by atoms with Gasteiger partial charge >= 0.3 is 12.0 Å². The van der Waals surface area contributed by atoms with Crippen LogP contribution < -0.4 is 4.74 Å². The molecule has 16 heavy (non-hydrogen) atoms. The lowest BCUT2D eigenvalue weighted by molar-refractivity contribution is 0.0686. The number of carboxylic acids is 1. The van der Waals surface area contributed by atoms with E-state index in [1.807, 2.05) is 0 Å². The Hall–Kier alpha value is -1.65. The molecule has 0 amide bonds. The second kappa shape index (κ2) is 4.92. The average molecular weight is 222 g/mol. The number of hydrogen-bond acceptors (Lipinski definition) is 4. The SMILES string of the molecule is O=C(O)c1ccnc(OC2CCCCC2)n1. The zero-order chi connectivity index (χ0) is 11.4. The number of aromatic carboxylic acids is 1. The predicted molar refractivity (Wildman–Crippen MR) is 56.5 cm³/mol. The number of carboxylic acid groups (broad SMARTS) is 1. The van der Waals surface area contributed by atoms with Gasteiger partial charge in [0.05, 0.1) is 0 Å². The van der Waals surface area contributed by atoms with Crippen molar-refractivity contribution in [3.8, 4) is 6.01 Å². The number of carbonyl (C=O) groups is 1. The van der Waals surface area contributed by atoms with Gasteiger partial charge in [-0.05, 0) is 31.7 Å². The van der Waals surface area contributed by atoms with Crippen LogP contribution in [0, 0.1) is 0 Å². The molecular formula is C11H14N2O3. The topological polar surface area (TPSA) is 72.3 Å². The molecule has 5 heteroatoms. The third kappa shape index (κ3) is 2.68. The molecular weight excluding hydrogens is 208 g/mol. The zero-order valence-electron chi connectivity index (χ0n) is 8.93. The zero-order valence-corrected chi connectivity index (χ0v) is 8.93. The molecule has 5 nitrogen and oxygen atoms in total. The van der Waals surface area contributed by atoms with Gasteiger partial charge in [0.25, 0.3) is 0 Å². The van der Waals surface area contributed by atoms with E-state index in [2.05, 4.69) is 9.97 Å². The Morgan fingerprint density at radius 1 is 1.38 bits per heavy atom. The standard InChI is InChI=1S/C11H14N2O3/c14-10(15)9-6-7-12-11(13-9)16-8-4-2-1-3-5-8/h6-8H,1-5H2,(H,14,15). The highest BCUT2D eigenvalue weighted by molar-refractivity contribution is 5.85. The Balaban J connectivity index is 2.02. The maximum absolute atomic E-state index is 10.7. The van der Waals surface area contributed by atoms with E-state index in [1.165, 1.54) is 18.7 Å². The van der Waals surface area contributed by atoms with Gasteiger partial charge < -0.3 is 9.84 Å². The Bertz CT molecular complexity index is 375. The van der Waals surface area contributed by atoms with E-state index in [0.717, 1.165) is 25.7 Å². The minimum Gasteiger partial charge on any atom is -0.477 e. The molecule has 1 aromatic heterocycles. The first kappa shape index (κ1) is 10.9. The molecule has 86 valence electrons. The summed E-state index contributed by atoms with van der Waals surface area (Å²) in [5.41, 5.74) is -0.0270. The van der Waals surface area contributed by atoms with Crippen LogP contribution in [-0.4, -0.2) is 27.1 Å². The van der Waals surface area contributed by atoms with Gasteiger partial charge in [-0.3, -0.25) is 0 Å². The molecule has 0 radical (unpaired) electrons. The van der Waals surface area contributed by atoms with Crippen LogP contribution in [-0.2, 0) is 0 Å². The second-order valence-corrected chi connectivity index (χ2v) is 3.91. The Morgan fingerprint density at radius 2 is 2.12 bits per heavy atom. The van der Waals surface area contributed by atoms with Crippen LogP contribution in [0.4, 0.5) is 0 Å². The summed E-state index contributed by atoms with van der Waals surface area (Å²) in [5.74, 6) is -1.06. The van der Waals surface area contributed by atoms with Crippen molar-refractivity contribution in [3.05, 3.63) is 18.0 Å². The van der Waals surface area contributed by atoms with E-state index < -0.39 is 5.97 Å². The second-order valence-electron chi connectivity index (χ2n) is 3.91. The van der Waals surface area contributed by atoms with Crippen molar-refractivity contribution in [2.45, 2.75) is 38.2 Å². The van der Waals surface area contributed by atoms with Gasteiger partial charge in [0.1, 0.15) is 6.10 Å². The van der Waals surface area contributed by atoms with Crippen LogP contribution in [0.2, 0.25) is 0 Å². The van der Waals surface area contributed by atoms with Gasteiger partial charge in [-0.25, -0.2) is 9.78 Å². The summed E-state index contributed by atoms with van der Waals surface area (Å²) in [4.78, 5) is 18.5. The lowest BCUT2D eigenvalue weighted by Gasteiger charge is -2.21. The van der Waals surface area contributed by atoms with Crippen molar-refractivity contribution in [2.75, 3.05) is 0 Å². The fourth-order valence-corrected chi connectivity index (χ4v) is 1.85. The highest BCUT2D eigenvalue weighted by atomic mass is 16.5. The first-order valence-corrected chi connectivity index (χ1v) is 5.49. The van der Waals surface area contributed by atoms with Gasteiger partial charge in [0.2, 0.25) is 0 Å². The highest BCUT2D eigenvalue weighted by Crippen LogP contribution is 2.21. The van der Waals surface area contributed by atoms with Gasteiger partial charge in [-0.15, -0.1) is 0 Å². The molecule has 0 saturated heterocycles. The van der Waals surface area contributed by atoms with Crippen molar-refractivity contribution in [3.63, 3.8) is 0 Å². The molecule has 0 aromatic carbocycles. The molecule has 1 saturated carbocycles. The number of hydrogen-bond donors (Lipinski definition) is 1. The van der Waals surface area contributed by atoms with Gasteiger partial charge in [-0.1, -0.05) is 6.42 Å². The van der Waals surface area contributed by atoms with Gasteiger partial charge in [0.15, 0.2) is 5.69 Å². The summed E-state index contributed by atoms with van der Waals surface area (Å²) in [6, 6.07) is 1.53. The molecule has 2 rings (SSSR count). The number of rotatable bonds is 3. The largest absolute Gasteiger partial charge is 0.477 e. The summed E-state index contributed by atoms with van der Waals surface area (Å²) in [6.45, 7) is 0. The molecule has 0 bridgehead atoms. The molecule has 1 N–H and O–H groups in total. The number of aromatic nitrogens is 2. The van der Waals surface area contributed by atoms with Crippen LogP contribution in [0.3, 0.4) is 0 Å². The van der Waals surface area contributed by atoms with Crippen molar-refractivity contribution in [1.82, 2.24) is 9.97 Å². The van der Waals surface area contributed by atoms with E-state index in [0.29, 0.717) is 0 Å². The van der Waals surface area contributed by atoms with Gasteiger partial charge in [-0.2, -0.15) is 4.98 Å². The van der Waals surface area contributed by atoms with E-state index in [-0.39, 0.29) is 17.8 Å². The lowest BCUT2D eigenvalue weighted by atomic mass is 9.98. The fraction of sp³-hybridized carbons (Fsp3) is 0.545. The van der Waals surface area contributed by atoms with Crippen molar-refractivity contribution < 1.29 is 14.6 Å². The van der Waals surface area contributed by atoms with Crippen molar-refractivity contribution >= 4 is 5.97 Å². The van der Waals surface area contributed by atoms with Crippen LogP contribution >= 0.6 is 0 Å². The van der Waals surface area contributed by atoms with Crippen molar-refractivity contribution in [2.24, 2.45) is 0 Å². The average Bonchev–Trinajstić information content (AvgIpc) is 2.30. The normalized spacial score (nSPS) is 17.0. The number of ether oxygens (including phenoxy) is 1. The summed E-state index contributed by atoms with van der Waals surface area (Å²) >= 11 is 0. The van der Waals surface area contributed by atoms with Crippen LogP contribution in [0.15, 0.2) is 12.3 Å². The van der Waals surface area contributed by atoms with E-state index >= 15 is 0 Å². The maximum Gasteiger partial charge on any atom is 0.354 e. The third-order valence-electron chi connectivity index (χ3n) is 2.68.